The Morgan fingerprint density at radius 2 is 1.74 bits per heavy atom. The van der Waals surface area contributed by atoms with Crippen LogP contribution in [0.5, 0.6) is 0 Å². The van der Waals surface area contributed by atoms with Gasteiger partial charge in [-0.25, -0.2) is 0 Å². The lowest BCUT2D eigenvalue weighted by Crippen LogP contribution is -2.44. The molecule has 1 amide bonds. The number of carbonyl (C=O) groups excluding carboxylic acids is 1. The summed E-state index contributed by atoms with van der Waals surface area (Å²) in [4.78, 5) is 14.5. The molecule has 1 heterocycles. The Morgan fingerprint density at radius 3 is 2.47 bits per heavy atom. The number of piperidine rings is 1. The highest BCUT2D eigenvalue weighted by molar-refractivity contribution is 6.30. The van der Waals surface area contributed by atoms with E-state index in [1.165, 1.54) is 32.1 Å². The summed E-state index contributed by atoms with van der Waals surface area (Å²) in [6.45, 7) is 1.87. The first-order valence-electron chi connectivity index (χ1n) is 7.29. The van der Waals surface area contributed by atoms with Crippen LogP contribution in [0.2, 0.25) is 5.02 Å². The molecule has 1 saturated heterocycles. The van der Waals surface area contributed by atoms with E-state index in [-0.39, 0.29) is 5.91 Å². The van der Waals surface area contributed by atoms with Gasteiger partial charge in [-0.1, -0.05) is 30.9 Å². The van der Waals surface area contributed by atoms with Gasteiger partial charge in [0.05, 0.1) is 0 Å². The predicted octanol–water partition coefficient (Wildman–Crippen LogP) is 3.99. The van der Waals surface area contributed by atoms with Crippen LogP contribution in [0.1, 0.15) is 42.5 Å². The van der Waals surface area contributed by atoms with Gasteiger partial charge in [0.2, 0.25) is 0 Å². The number of rotatable bonds is 1. The van der Waals surface area contributed by atoms with Crippen molar-refractivity contribution in [2.24, 2.45) is 11.8 Å². The van der Waals surface area contributed by atoms with Crippen molar-refractivity contribution in [1.29, 1.82) is 0 Å². The van der Waals surface area contributed by atoms with Crippen LogP contribution in [0.4, 0.5) is 0 Å². The van der Waals surface area contributed by atoms with E-state index in [2.05, 4.69) is 0 Å². The zero-order chi connectivity index (χ0) is 13.2. The molecule has 0 unspecified atom stereocenters. The summed E-state index contributed by atoms with van der Waals surface area (Å²) in [7, 11) is 0. The van der Waals surface area contributed by atoms with E-state index in [1.54, 1.807) is 12.1 Å². The van der Waals surface area contributed by atoms with Gasteiger partial charge in [-0.2, -0.15) is 0 Å². The molecule has 1 aromatic rings. The van der Waals surface area contributed by atoms with Crippen molar-refractivity contribution in [3.8, 4) is 0 Å². The Labute approximate surface area is 119 Å². The van der Waals surface area contributed by atoms with E-state index in [0.29, 0.717) is 5.02 Å². The van der Waals surface area contributed by atoms with Gasteiger partial charge >= 0.3 is 0 Å². The monoisotopic (exact) mass is 277 g/mol. The summed E-state index contributed by atoms with van der Waals surface area (Å²) < 4.78 is 0. The van der Waals surface area contributed by atoms with Crippen LogP contribution in [-0.2, 0) is 0 Å². The number of likely N-dealkylation sites (tertiary alicyclic amines) is 1. The van der Waals surface area contributed by atoms with Crippen molar-refractivity contribution in [3.63, 3.8) is 0 Å². The quantitative estimate of drug-likeness (QED) is 0.760. The average molecular weight is 278 g/mol. The second-order valence-corrected chi connectivity index (χ2v) is 6.29. The minimum absolute atomic E-state index is 0.167. The number of benzene rings is 1. The number of fused-ring (bicyclic) bond motifs is 1. The van der Waals surface area contributed by atoms with Gasteiger partial charge in [0.15, 0.2) is 0 Å². The third kappa shape index (κ3) is 2.79. The van der Waals surface area contributed by atoms with Gasteiger partial charge in [-0.15, -0.1) is 0 Å². The number of nitrogens with zero attached hydrogens (tertiary/aromatic N) is 1. The fourth-order valence-corrected chi connectivity index (χ4v) is 3.69. The number of hydrogen-bond acceptors (Lipinski definition) is 1. The van der Waals surface area contributed by atoms with Crippen molar-refractivity contribution >= 4 is 17.5 Å². The highest BCUT2D eigenvalue weighted by Gasteiger charge is 2.33. The van der Waals surface area contributed by atoms with Crippen LogP contribution in [-0.4, -0.2) is 23.9 Å². The molecule has 102 valence electrons. The maximum Gasteiger partial charge on any atom is 0.253 e. The summed E-state index contributed by atoms with van der Waals surface area (Å²) in [5.74, 6) is 1.77. The Kier molecular flexibility index (Phi) is 3.79. The molecule has 0 N–H and O–H groups in total. The molecule has 3 heteroatoms. The van der Waals surface area contributed by atoms with Crippen molar-refractivity contribution < 1.29 is 4.79 Å². The normalized spacial score (nSPS) is 26.9. The van der Waals surface area contributed by atoms with Crippen LogP contribution in [0.3, 0.4) is 0 Å². The van der Waals surface area contributed by atoms with Crippen LogP contribution in [0, 0.1) is 11.8 Å². The van der Waals surface area contributed by atoms with Gasteiger partial charge in [0.1, 0.15) is 0 Å². The van der Waals surface area contributed by atoms with Gasteiger partial charge in [0.25, 0.3) is 5.91 Å². The molecular formula is C16H20ClNO. The highest BCUT2D eigenvalue weighted by Crippen LogP contribution is 2.36. The van der Waals surface area contributed by atoms with Crippen molar-refractivity contribution in [1.82, 2.24) is 4.90 Å². The second-order valence-electron chi connectivity index (χ2n) is 5.85. The lowest BCUT2D eigenvalue weighted by molar-refractivity contribution is 0.0521. The van der Waals surface area contributed by atoms with Gasteiger partial charge in [0, 0.05) is 23.7 Å². The van der Waals surface area contributed by atoms with E-state index in [0.717, 1.165) is 30.5 Å². The average Bonchev–Trinajstić information content (AvgIpc) is 2.47. The minimum atomic E-state index is 0.167. The summed E-state index contributed by atoms with van der Waals surface area (Å²) in [6.07, 6.45) is 6.57. The topological polar surface area (TPSA) is 20.3 Å². The Morgan fingerprint density at radius 1 is 1.05 bits per heavy atom. The van der Waals surface area contributed by atoms with Crippen LogP contribution < -0.4 is 0 Å². The summed E-state index contributed by atoms with van der Waals surface area (Å²) in [6, 6.07) is 7.25. The number of hydrogen-bond donors (Lipinski definition) is 0. The molecule has 2 nitrogen and oxygen atoms in total. The molecule has 1 aromatic carbocycles. The smallest absolute Gasteiger partial charge is 0.253 e. The molecule has 2 aliphatic rings. The van der Waals surface area contributed by atoms with Gasteiger partial charge in [-0.3, -0.25) is 4.79 Å². The maximum absolute atomic E-state index is 12.5. The predicted molar refractivity (Wildman–Crippen MR) is 77.4 cm³/mol. The zero-order valence-corrected chi connectivity index (χ0v) is 11.9. The molecule has 2 atom stereocenters. The third-order valence-corrected chi connectivity index (χ3v) is 4.92. The lowest BCUT2D eigenvalue weighted by Gasteiger charge is -2.41. The fraction of sp³-hybridized carbons (Fsp3) is 0.562. The summed E-state index contributed by atoms with van der Waals surface area (Å²) in [5.41, 5.74) is 0.763. The molecule has 0 aromatic heterocycles. The molecule has 2 fully saturated rings. The fourth-order valence-electron chi connectivity index (χ4n) is 3.56. The first-order valence-corrected chi connectivity index (χ1v) is 7.66. The molecule has 3 rings (SSSR count). The molecular weight excluding hydrogens is 258 g/mol. The number of halogens is 1. The Bertz CT molecular complexity index is 456. The van der Waals surface area contributed by atoms with Crippen LogP contribution in [0.15, 0.2) is 24.3 Å². The lowest BCUT2D eigenvalue weighted by atomic mass is 9.75. The van der Waals surface area contributed by atoms with E-state index in [1.807, 2.05) is 17.0 Å². The first-order chi connectivity index (χ1) is 9.24. The highest BCUT2D eigenvalue weighted by atomic mass is 35.5. The Hall–Kier alpha value is -1.02. The minimum Gasteiger partial charge on any atom is -0.338 e. The molecule has 1 aliphatic heterocycles. The van der Waals surface area contributed by atoms with Gasteiger partial charge < -0.3 is 4.90 Å². The van der Waals surface area contributed by atoms with Crippen molar-refractivity contribution in [3.05, 3.63) is 34.9 Å². The molecule has 1 saturated carbocycles. The number of amides is 1. The largest absolute Gasteiger partial charge is 0.338 e. The molecule has 1 aliphatic carbocycles. The van der Waals surface area contributed by atoms with E-state index in [9.17, 15) is 4.79 Å². The second kappa shape index (κ2) is 5.54. The summed E-state index contributed by atoms with van der Waals surface area (Å²) in [5, 5.41) is 0.683. The van der Waals surface area contributed by atoms with Gasteiger partial charge in [-0.05, 0) is 48.9 Å². The summed E-state index contributed by atoms with van der Waals surface area (Å²) >= 11 is 5.87. The van der Waals surface area contributed by atoms with E-state index >= 15 is 0 Å². The molecule has 0 spiro atoms. The Balaban J connectivity index is 1.69. The zero-order valence-electron chi connectivity index (χ0n) is 11.1. The van der Waals surface area contributed by atoms with E-state index in [4.69, 9.17) is 11.6 Å². The van der Waals surface area contributed by atoms with Crippen LogP contribution in [0.25, 0.3) is 0 Å². The molecule has 0 radical (unpaired) electrons. The van der Waals surface area contributed by atoms with Crippen LogP contribution >= 0.6 is 11.6 Å². The first kappa shape index (κ1) is 13.0. The van der Waals surface area contributed by atoms with Crippen molar-refractivity contribution in [2.45, 2.75) is 32.1 Å². The van der Waals surface area contributed by atoms with Crippen molar-refractivity contribution in [2.75, 3.05) is 13.1 Å². The molecule has 19 heavy (non-hydrogen) atoms. The molecule has 0 bridgehead atoms. The van der Waals surface area contributed by atoms with E-state index < -0.39 is 0 Å². The maximum atomic E-state index is 12.5. The SMILES string of the molecule is O=C(c1ccc(Cl)cc1)N1CC[C@H]2CCCC[C@@H]2C1. The third-order valence-electron chi connectivity index (χ3n) is 4.67. The standard InChI is InChI=1S/C16H20ClNO/c17-15-7-5-13(6-8-15)16(19)18-10-9-12-3-1-2-4-14(12)11-18/h5-8,12,14H,1-4,9-11H2/t12-,14-/m1/s1. The number of carbonyl (C=O) groups is 1.